The molecule has 0 radical (unpaired) electrons. The van der Waals surface area contributed by atoms with Crippen LogP contribution in [0.25, 0.3) is 0 Å². The molecule has 0 spiro atoms. The molecule has 0 aliphatic carbocycles. The third-order valence-electron chi connectivity index (χ3n) is 2.06. The molecule has 0 aromatic heterocycles. The maximum atomic E-state index is 11.3. The van der Waals surface area contributed by atoms with Crippen LogP contribution in [0.15, 0.2) is 12.3 Å². The second-order valence-corrected chi connectivity index (χ2v) is 3.34. The van der Waals surface area contributed by atoms with Gasteiger partial charge in [-0.2, -0.15) is 0 Å². The average molecular weight is 199 g/mol. The summed E-state index contributed by atoms with van der Waals surface area (Å²) < 4.78 is 4.76. The molecule has 0 unspecified atom stereocenters. The van der Waals surface area contributed by atoms with E-state index in [0.29, 0.717) is 18.7 Å². The minimum absolute atomic E-state index is 0.224. The van der Waals surface area contributed by atoms with E-state index in [1.165, 1.54) is 4.90 Å². The summed E-state index contributed by atoms with van der Waals surface area (Å²) in [5.41, 5.74) is 0. The van der Waals surface area contributed by atoms with Crippen molar-refractivity contribution in [3.05, 3.63) is 12.3 Å². The summed E-state index contributed by atoms with van der Waals surface area (Å²) in [5.74, 6) is -1.02. The van der Waals surface area contributed by atoms with E-state index in [1.807, 2.05) is 0 Å². The molecule has 1 aliphatic heterocycles. The van der Waals surface area contributed by atoms with Crippen molar-refractivity contribution in [2.45, 2.75) is 13.3 Å². The van der Waals surface area contributed by atoms with E-state index in [2.05, 4.69) is 6.58 Å². The van der Waals surface area contributed by atoms with Gasteiger partial charge in [-0.05, 0) is 13.3 Å². The van der Waals surface area contributed by atoms with E-state index < -0.39 is 18.0 Å². The quantitative estimate of drug-likeness (QED) is 0.675. The van der Waals surface area contributed by atoms with Gasteiger partial charge in [-0.15, -0.1) is 0 Å². The van der Waals surface area contributed by atoms with Crippen LogP contribution >= 0.6 is 0 Å². The maximum absolute atomic E-state index is 11.3. The molecule has 1 heterocycles. The summed E-state index contributed by atoms with van der Waals surface area (Å²) in [5, 5.41) is 8.70. The van der Waals surface area contributed by atoms with Crippen LogP contribution in [0, 0.1) is 5.92 Å². The number of hydrogen-bond donors (Lipinski definition) is 1. The smallest absolute Gasteiger partial charge is 0.414 e. The summed E-state index contributed by atoms with van der Waals surface area (Å²) in [6.45, 7) is 5.66. The Hall–Kier alpha value is -1.52. The van der Waals surface area contributed by atoms with E-state index >= 15 is 0 Å². The monoisotopic (exact) mass is 199 g/mol. The molecule has 1 aliphatic rings. The van der Waals surface area contributed by atoms with Crippen molar-refractivity contribution in [1.82, 2.24) is 4.90 Å². The number of aliphatic carboxylic acids is 1. The number of allylic oxidation sites excluding steroid dienone is 1. The fourth-order valence-electron chi connectivity index (χ4n) is 1.34. The Morgan fingerprint density at radius 1 is 1.57 bits per heavy atom. The third-order valence-corrected chi connectivity index (χ3v) is 2.06. The summed E-state index contributed by atoms with van der Waals surface area (Å²) in [7, 11) is 0. The van der Waals surface area contributed by atoms with Crippen LogP contribution in [0.4, 0.5) is 4.79 Å². The number of likely N-dealkylation sites (tertiary alicyclic amines) is 1. The van der Waals surface area contributed by atoms with Gasteiger partial charge in [0.1, 0.15) is 0 Å². The Kier molecular flexibility index (Phi) is 3.11. The average Bonchev–Trinajstić information content (AvgIpc) is 2.50. The number of ether oxygens (including phenoxy) is 1. The van der Waals surface area contributed by atoms with E-state index in [-0.39, 0.29) is 6.54 Å². The fraction of sp³-hybridized carbons (Fsp3) is 0.556. The number of carboxylic acids is 1. The highest BCUT2D eigenvalue weighted by Gasteiger charge is 2.31. The number of carbonyl (C=O) groups is 2. The van der Waals surface area contributed by atoms with Crippen LogP contribution in [0.3, 0.4) is 0 Å². The van der Waals surface area contributed by atoms with E-state index in [0.717, 1.165) is 0 Å². The number of nitrogens with zero attached hydrogens (tertiary/aromatic N) is 1. The lowest BCUT2D eigenvalue weighted by Gasteiger charge is -2.14. The Morgan fingerprint density at radius 3 is 2.64 bits per heavy atom. The van der Waals surface area contributed by atoms with Crippen LogP contribution in [-0.2, 0) is 9.53 Å². The molecule has 5 heteroatoms. The molecular weight excluding hydrogens is 186 g/mol. The standard InChI is InChI=1S/C9H13NO4/c1-6(2)14-9(13)10-4-3-7(5-10)8(11)12/h7H,1,3-5H2,2H3,(H,11,12)/t7-/m1/s1. The lowest BCUT2D eigenvalue weighted by atomic mass is 10.1. The van der Waals surface area contributed by atoms with Gasteiger partial charge in [0.2, 0.25) is 0 Å². The summed E-state index contributed by atoms with van der Waals surface area (Å²) >= 11 is 0. The topological polar surface area (TPSA) is 66.8 Å². The van der Waals surface area contributed by atoms with Gasteiger partial charge in [0.15, 0.2) is 0 Å². The van der Waals surface area contributed by atoms with Crippen LogP contribution in [-0.4, -0.2) is 35.2 Å². The summed E-state index contributed by atoms with van der Waals surface area (Å²) in [4.78, 5) is 23.3. The number of carboxylic acid groups (broad SMARTS) is 1. The first-order valence-corrected chi connectivity index (χ1v) is 4.35. The first kappa shape index (κ1) is 10.6. The predicted molar refractivity (Wildman–Crippen MR) is 48.6 cm³/mol. The van der Waals surface area contributed by atoms with E-state index in [1.54, 1.807) is 6.92 Å². The summed E-state index contributed by atoms with van der Waals surface area (Å²) in [6.07, 6.45) is -0.0260. The lowest BCUT2D eigenvalue weighted by Crippen LogP contribution is -2.30. The molecule has 1 atom stereocenters. The van der Waals surface area contributed by atoms with Crippen LogP contribution in [0.2, 0.25) is 0 Å². The SMILES string of the molecule is C=C(C)OC(=O)N1CC[C@@H](C(=O)O)C1. The van der Waals surface area contributed by atoms with Crippen molar-refractivity contribution in [2.24, 2.45) is 5.92 Å². The second kappa shape index (κ2) is 4.13. The van der Waals surface area contributed by atoms with Crippen LogP contribution < -0.4 is 0 Å². The van der Waals surface area contributed by atoms with Crippen molar-refractivity contribution in [3.63, 3.8) is 0 Å². The molecule has 0 saturated carbocycles. The van der Waals surface area contributed by atoms with Gasteiger partial charge < -0.3 is 14.7 Å². The number of carbonyl (C=O) groups excluding carboxylic acids is 1. The van der Waals surface area contributed by atoms with Gasteiger partial charge in [-0.1, -0.05) is 6.58 Å². The largest absolute Gasteiger partial charge is 0.481 e. The maximum Gasteiger partial charge on any atom is 0.414 e. The molecule has 1 amide bonds. The highest BCUT2D eigenvalue weighted by Crippen LogP contribution is 2.17. The zero-order valence-corrected chi connectivity index (χ0v) is 8.02. The van der Waals surface area contributed by atoms with E-state index in [4.69, 9.17) is 9.84 Å². The molecule has 0 aromatic rings. The van der Waals surface area contributed by atoms with Gasteiger partial charge in [0.05, 0.1) is 11.7 Å². The minimum atomic E-state index is -0.865. The van der Waals surface area contributed by atoms with Gasteiger partial charge in [-0.25, -0.2) is 4.79 Å². The van der Waals surface area contributed by atoms with Crippen molar-refractivity contribution in [3.8, 4) is 0 Å². The van der Waals surface area contributed by atoms with Gasteiger partial charge >= 0.3 is 12.1 Å². The normalized spacial score (nSPS) is 20.6. The van der Waals surface area contributed by atoms with Crippen molar-refractivity contribution < 1.29 is 19.4 Å². The zero-order chi connectivity index (χ0) is 10.7. The Labute approximate surface area is 82.0 Å². The molecule has 5 nitrogen and oxygen atoms in total. The van der Waals surface area contributed by atoms with E-state index in [9.17, 15) is 9.59 Å². The Bertz CT molecular complexity index is 274. The molecule has 0 aromatic carbocycles. The molecular formula is C9H13NO4. The van der Waals surface area contributed by atoms with Crippen LogP contribution in [0.5, 0.6) is 0 Å². The van der Waals surface area contributed by atoms with Gasteiger partial charge in [-0.3, -0.25) is 4.79 Å². The van der Waals surface area contributed by atoms with Gasteiger partial charge in [0.25, 0.3) is 0 Å². The highest BCUT2D eigenvalue weighted by atomic mass is 16.6. The molecule has 1 N–H and O–H groups in total. The first-order chi connectivity index (χ1) is 6.50. The van der Waals surface area contributed by atoms with Gasteiger partial charge in [0, 0.05) is 13.1 Å². The first-order valence-electron chi connectivity index (χ1n) is 4.35. The third kappa shape index (κ3) is 2.48. The lowest BCUT2D eigenvalue weighted by molar-refractivity contribution is -0.141. The fourth-order valence-corrected chi connectivity index (χ4v) is 1.34. The highest BCUT2D eigenvalue weighted by molar-refractivity contribution is 5.74. The Morgan fingerprint density at radius 2 is 2.21 bits per heavy atom. The summed E-state index contributed by atoms with van der Waals surface area (Å²) in [6, 6.07) is 0. The molecule has 1 saturated heterocycles. The molecule has 14 heavy (non-hydrogen) atoms. The molecule has 1 fully saturated rings. The Balaban J connectivity index is 2.45. The number of amides is 1. The predicted octanol–water partition coefficient (Wildman–Crippen LogP) is 1.06. The second-order valence-electron chi connectivity index (χ2n) is 3.34. The van der Waals surface area contributed by atoms with Crippen molar-refractivity contribution in [1.29, 1.82) is 0 Å². The minimum Gasteiger partial charge on any atom is -0.481 e. The number of rotatable bonds is 2. The molecule has 78 valence electrons. The van der Waals surface area contributed by atoms with Crippen molar-refractivity contribution >= 4 is 12.1 Å². The molecule has 1 rings (SSSR count). The van der Waals surface area contributed by atoms with Crippen molar-refractivity contribution in [2.75, 3.05) is 13.1 Å². The number of hydrogen-bond acceptors (Lipinski definition) is 3. The molecule has 0 bridgehead atoms. The van der Waals surface area contributed by atoms with Crippen LogP contribution in [0.1, 0.15) is 13.3 Å². The zero-order valence-electron chi connectivity index (χ0n) is 8.02.